The summed E-state index contributed by atoms with van der Waals surface area (Å²) in [7, 11) is -4.80. The first-order valence-electron chi connectivity index (χ1n) is 18.6. The molecule has 10 nitrogen and oxygen atoms in total. The number of nitrogens with one attached hydrogen (secondary N) is 1. The zero-order valence-electron chi connectivity index (χ0n) is 35.8. The van der Waals surface area contributed by atoms with Gasteiger partial charge in [-0.15, -0.1) is 0 Å². The summed E-state index contributed by atoms with van der Waals surface area (Å²) >= 11 is 0. The first-order chi connectivity index (χ1) is 29.7. The van der Waals surface area contributed by atoms with Crippen molar-refractivity contribution in [1.82, 2.24) is 5.32 Å². The fourth-order valence-electron chi connectivity index (χ4n) is 6.51. The molecule has 0 aliphatic carbocycles. The average Bonchev–Trinajstić information content (AvgIpc) is 3.10. The molecular formula is C34H44F23NO9S. The van der Waals surface area contributed by atoms with E-state index in [1.165, 1.54) is 6.92 Å². The number of halogens is 23. The van der Waals surface area contributed by atoms with Crippen LogP contribution in [0.25, 0.3) is 0 Å². The highest BCUT2D eigenvalue weighted by molar-refractivity contribution is 7.85. The standard InChI is InChI=1S/C34H44F21NO9S.F2/c1-8-17(19(57)56-24(5,6)15-66(61,62)63)13-25(7,22(59)65-16(2)12-26(60,33(50,51)52)34(53,54)55)14-23(3,4)21(58)64-11-9-10-18(29(41,42)43)27(37,38)30(44,45)32(48,49)31(46,47)28(39,40)20(35)36;1-2/h16-18,20,60H,8-15H2,1-7H3,(H,56,57)(H,61,62,63);. The van der Waals surface area contributed by atoms with E-state index in [1.54, 1.807) is 0 Å². The Balaban J connectivity index is 0. The van der Waals surface area contributed by atoms with Crippen molar-refractivity contribution >= 4 is 28.0 Å². The van der Waals surface area contributed by atoms with Crippen LogP contribution in [0.5, 0.6) is 0 Å². The highest BCUT2D eigenvalue weighted by atomic mass is 32.2. The molecule has 0 saturated heterocycles. The number of carbonyl (C=O) groups is 3. The van der Waals surface area contributed by atoms with E-state index in [0.29, 0.717) is 6.92 Å². The number of hydrogen-bond donors (Lipinski definition) is 3. The Morgan fingerprint density at radius 2 is 1.10 bits per heavy atom. The molecule has 4 unspecified atom stereocenters. The van der Waals surface area contributed by atoms with Gasteiger partial charge in [-0.2, -0.15) is 91.8 Å². The predicted octanol–water partition coefficient (Wildman–Crippen LogP) is 10.6. The predicted molar refractivity (Wildman–Crippen MR) is 183 cm³/mol. The molecule has 3 N–H and O–H groups in total. The maximum atomic E-state index is 14.6. The molecular weight excluding hydrogens is 1040 g/mol. The molecule has 0 aliphatic heterocycles. The minimum absolute atomic E-state index is 0.360. The van der Waals surface area contributed by atoms with Crippen LogP contribution in [0.3, 0.4) is 0 Å². The fraction of sp³-hybridized carbons (Fsp3) is 0.912. The molecule has 0 aromatic rings. The van der Waals surface area contributed by atoms with Gasteiger partial charge in [-0.1, -0.05) is 6.92 Å². The van der Waals surface area contributed by atoms with Crippen LogP contribution in [0.1, 0.15) is 87.0 Å². The average molecular weight is 1080 g/mol. The number of alkyl halides is 21. The number of ether oxygens (including phenoxy) is 2. The molecule has 4 atom stereocenters. The van der Waals surface area contributed by atoms with Crippen LogP contribution in [-0.2, 0) is 34.0 Å². The summed E-state index contributed by atoms with van der Waals surface area (Å²) in [5, 5.41) is 11.8. The maximum Gasteiger partial charge on any atom is 0.426 e. The van der Waals surface area contributed by atoms with Crippen molar-refractivity contribution in [2.24, 2.45) is 22.7 Å². The van der Waals surface area contributed by atoms with Crippen LogP contribution in [0, 0.1) is 22.7 Å². The number of aliphatic hydroxyl groups is 1. The number of amides is 1. The Morgan fingerprint density at radius 3 is 1.47 bits per heavy atom. The van der Waals surface area contributed by atoms with Gasteiger partial charge in [0, 0.05) is 21.5 Å². The molecule has 0 spiro atoms. The van der Waals surface area contributed by atoms with Crippen molar-refractivity contribution < 1.29 is 143 Å². The third-order valence-electron chi connectivity index (χ3n) is 9.87. The lowest BCUT2D eigenvalue weighted by atomic mass is 9.69. The summed E-state index contributed by atoms with van der Waals surface area (Å²) in [6.45, 7) is 4.52. The van der Waals surface area contributed by atoms with Crippen LogP contribution in [0.15, 0.2) is 0 Å². The summed E-state index contributed by atoms with van der Waals surface area (Å²) in [4.78, 5) is 40.1. The summed E-state index contributed by atoms with van der Waals surface area (Å²) in [6, 6.07) is 0. The number of rotatable bonds is 24. The Kier molecular flexibility index (Phi) is 21.6. The lowest BCUT2D eigenvalue weighted by Crippen LogP contribution is -2.70. The van der Waals surface area contributed by atoms with Crippen LogP contribution in [0.4, 0.5) is 101 Å². The number of esters is 2. The van der Waals surface area contributed by atoms with Gasteiger partial charge in [0.25, 0.3) is 15.7 Å². The summed E-state index contributed by atoms with van der Waals surface area (Å²) in [6.07, 6.45) is -37.3. The molecule has 0 aliphatic rings. The Bertz CT molecular complexity index is 1790. The molecule has 0 heterocycles. The number of hydrogen-bond acceptors (Lipinski definition) is 8. The first kappa shape index (κ1) is 66.8. The molecule has 0 rings (SSSR count). The third-order valence-corrected chi connectivity index (χ3v) is 11.0. The molecule has 68 heavy (non-hydrogen) atoms. The quantitative estimate of drug-likeness (QED) is 0.0371. The van der Waals surface area contributed by atoms with Crippen molar-refractivity contribution in [2.45, 2.75) is 159 Å². The van der Waals surface area contributed by atoms with Gasteiger partial charge in [-0.05, 0) is 73.6 Å². The van der Waals surface area contributed by atoms with Gasteiger partial charge < -0.3 is 19.9 Å². The van der Waals surface area contributed by atoms with Crippen LogP contribution in [0.2, 0.25) is 0 Å². The van der Waals surface area contributed by atoms with E-state index in [4.69, 9.17) is 13.9 Å². The fourth-order valence-corrected chi connectivity index (χ4v) is 7.50. The lowest BCUT2D eigenvalue weighted by molar-refractivity contribution is -0.427. The first-order valence-corrected chi connectivity index (χ1v) is 20.2. The van der Waals surface area contributed by atoms with E-state index in [1.807, 2.05) is 0 Å². The normalized spacial score (nSPS) is 16.8. The van der Waals surface area contributed by atoms with E-state index in [2.05, 4.69) is 10.1 Å². The lowest BCUT2D eigenvalue weighted by Gasteiger charge is -2.41. The van der Waals surface area contributed by atoms with Crippen LogP contribution in [-0.4, -0.2) is 120 Å². The Morgan fingerprint density at radius 1 is 0.676 bits per heavy atom. The topological polar surface area (TPSA) is 156 Å². The van der Waals surface area contributed by atoms with E-state index in [-0.39, 0.29) is 6.42 Å². The van der Waals surface area contributed by atoms with Gasteiger partial charge in [0.05, 0.1) is 28.7 Å². The summed E-state index contributed by atoms with van der Waals surface area (Å²) in [5.41, 5.74) is -12.2. The van der Waals surface area contributed by atoms with E-state index < -0.39 is 167 Å². The van der Waals surface area contributed by atoms with Crippen LogP contribution < -0.4 is 5.32 Å². The second-order valence-corrected chi connectivity index (χ2v) is 18.4. The SMILES string of the molecule is CCC(CC(C)(CC(C)(C)C(=O)OCCCC(C(F)(F)F)C(F)(F)C(F)(F)C(F)(F)C(F)(F)C(F)(F)C(F)F)C(=O)OC(C)CC(O)(C(F)(F)F)C(F)(F)F)C(=O)NC(C)(C)CS(=O)(=O)O.FF. The van der Waals surface area contributed by atoms with E-state index >= 15 is 0 Å². The summed E-state index contributed by atoms with van der Waals surface area (Å²) in [5.74, 6) is -52.2. The van der Waals surface area contributed by atoms with Gasteiger partial charge >= 0.3 is 66.5 Å². The number of carbonyl (C=O) groups excluding carboxylic acids is 3. The molecule has 406 valence electrons. The smallest absolute Gasteiger partial charge is 0.426 e. The summed E-state index contributed by atoms with van der Waals surface area (Å²) < 4.78 is 343. The molecule has 0 radical (unpaired) electrons. The van der Waals surface area contributed by atoms with Gasteiger partial charge in [0.1, 0.15) is 12.0 Å². The van der Waals surface area contributed by atoms with Crippen molar-refractivity contribution in [3.05, 3.63) is 0 Å². The van der Waals surface area contributed by atoms with E-state index in [0.717, 1.165) is 34.6 Å². The molecule has 0 fully saturated rings. The van der Waals surface area contributed by atoms with E-state index in [9.17, 15) is 125 Å². The van der Waals surface area contributed by atoms with Crippen LogP contribution >= 0.6 is 0 Å². The molecule has 34 heteroatoms. The zero-order valence-corrected chi connectivity index (χ0v) is 36.6. The second kappa shape index (κ2) is 22.0. The molecule has 0 aromatic heterocycles. The molecule has 0 saturated carbocycles. The molecule has 0 aromatic carbocycles. The maximum absolute atomic E-state index is 14.6. The highest BCUT2D eigenvalue weighted by Crippen LogP contribution is 2.61. The second-order valence-electron chi connectivity index (χ2n) is 16.9. The van der Waals surface area contributed by atoms with Gasteiger partial charge in [-0.3, -0.25) is 18.9 Å². The van der Waals surface area contributed by atoms with Gasteiger partial charge in [0.2, 0.25) is 5.91 Å². The van der Waals surface area contributed by atoms with Crippen molar-refractivity contribution in [3.8, 4) is 0 Å². The molecule has 0 bridgehead atoms. The highest BCUT2D eigenvalue weighted by Gasteiger charge is 2.89. The van der Waals surface area contributed by atoms with Crippen molar-refractivity contribution in [3.63, 3.8) is 0 Å². The van der Waals surface area contributed by atoms with Crippen molar-refractivity contribution in [2.75, 3.05) is 12.4 Å². The Hall–Kier alpha value is -3.33. The minimum atomic E-state index is -8.32. The van der Waals surface area contributed by atoms with Crippen molar-refractivity contribution in [1.29, 1.82) is 0 Å². The third kappa shape index (κ3) is 15.3. The van der Waals surface area contributed by atoms with Gasteiger partial charge in [0.15, 0.2) is 0 Å². The molecule has 1 amide bonds. The van der Waals surface area contributed by atoms with Gasteiger partial charge in [-0.25, -0.2) is 8.78 Å². The zero-order chi connectivity index (χ0) is 55.3. The monoisotopic (exact) mass is 1080 g/mol. The minimum Gasteiger partial charge on any atom is -0.465 e. The Labute approximate surface area is 370 Å². The largest absolute Gasteiger partial charge is 0.465 e.